The largest absolute Gasteiger partial charge is 0.340 e. The first-order chi connectivity index (χ1) is 10.8. The second kappa shape index (κ2) is 5.94. The summed E-state index contributed by atoms with van der Waals surface area (Å²) in [5, 5.41) is 1.07. The number of halogens is 1. The summed E-state index contributed by atoms with van der Waals surface area (Å²) < 4.78 is 26.2. The van der Waals surface area contributed by atoms with Gasteiger partial charge in [-0.1, -0.05) is 18.2 Å². The number of likely N-dealkylation sites (N-methyl/N-ethyl adjacent to an activating group) is 1. The third-order valence-electron chi connectivity index (χ3n) is 4.60. The number of para-hydroxylation sites is 1. The van der Waals surface area contributed by atoms with Crippen LogP contribution in [-0.4, -0.2) is 48.4 Å². The Morgan fingerprint density at radius 3 is 2.74 bits per heavy atom. The topological polar surface area (TPSA) is 59.4 Å². The van der Waals surface area contributed by atoms with Crippen molar-refractivity contribution in [3.63, 3.8) is 0 Å². The molecule has 23 heavy (non-hydrogen) atoms. The van der Waals surface area contributed by atoms with Gasteiger partial charge < -0.3 is 9.47 Å². The fraction of sp³-hybridized carbons (Fsp3) is 0.438. The third kappa shape index (κ3) is 3.04. The van der Waals surface area contributed by atoms with E-state index in [1.807, 2.05) is 35.8 Å². The van der Waals surface area contributed by atoms with Gasteiger partial charge in [0.15, 0.2) is 9.84 Å². The lowest BCUT2D eigenvalue weighted by molar-refractivity contribution is -0.132. The van der Waals surface area contributed by atoms with Crippen LogP contribution in [-0.2, 0) is 21.2 Å². The summed E-state index contributed by atoms with van der Waals surface area (Å²) in [6.07, 6.45) is 0.527. The number of hydrogen-bond donors (Lipinski definition) is 0. The molecule has 0 spiro atoms. The normalized spacial score (nSPS) is 20.0. The van der Waals surface area contributed by atoms with Crippen molar-refractivity contribution in [2.24, 2.45) is 0 Å². The van der Waals surface area contributed by atoms with Crippen molar-refractivity contribution < 1.29 is 13.2 Å². The van der Waals surface area contributed by atoms with Crippen molar-refractivity contribution in [1.82, 2.24) is 9.47 Å². The summed E-state index contributed by atoms with van der Waals surface area (Å²) in [5.74, 6) is 0.180. The quantitative estimate of drug-likeness (QED) is 0.796. The molecule has 1 saturated heterocycles. The summed E-state index contributed by atoms with van der Waals surface area (Å²) in [7, 11) is -1.30. The maximum Gasteiger partial charge on any atom is 0.242 e. The summed E-state index contributed by atoms with van der Waals surface area (Å²) >= 11 is 3.58. The van der Waals surface area contributed by atoms with E-state index in [1.54, 1.807) is 11.9 Å². The van der Waals surface area contributed by atoms with Gasteiger partial charge in [0.2, 0.25) is 5.91 Å². The van der Waals surface area contributed by atoms with Gasteiger partial charge >= 0.3 is 0 Å². The standard InChI is InChI=1S/C16H19BrN2O3S/c1-11-16(17)13-5-3-4-6-14(13)19(11)9-15(20)18(2)12-7-8-23(21,22)10-12/h3-6,12H,7-10H2,1-2H3. The van der Waals surface area contributed by atoms with Gasteiger partial charge in [0, 0.05) is 34.2 Å². The molecule has 1 amide bonds. The van der Waals surface area contributed by atoms with Crippen LogP contribution < -0.4 is 0 Å². The second-order valence-electron chi connectivity index (χ2n) is 6.06. The average Bonchev–Trinajstić information content (AvgIpc) is 3.00. The first-order valence-electron chi connectivity index (χ1n) is 7.49. The van der Waals surface area contributed by atoms with E-state index in [2.05, 4.69) is 15.9 Å². The van der Waals surface area contributed by atoms with E-state index < -0.39 is 9.84 Å². The summed E-state index contributed by atoms with van der Waals surface area (Å²) in [4.78, 5) is 14.2. The Bertz CT molecular complexity index is 873. The third-order valence-corrected chi connectivity index (χ3v) is 7.35. The SMILES string of the molecule is Cc1c(Br)c2ccccc2n1CC(=O)N(C)C1CCS(=O)(=O)C1. The highest BCUT2D eigenvalue weighted by Crippen LogP contribution is 2.30. The van der Waals surface area contributed by atoms with E-state index in [4.69, 9.17) is 0 Å². The van der Waals surface area contributed by atoms with E-state index in [-0.39, 0.29) is 30.0 Å². The maximum atomic E-state index is 12.6. The molecule has 0 saturated carbocycles. The highest BCUT2D eigenvalue weighted by molar-refractivity contribution is 9.10. The zero-order valence-electron chi connectivity index (χ0n) is 13.1. The molecule has 0 N–H and O–H groups in total. The van der Waals surface area contributed by atoms with Gasteiger partial charge in [-0.15, -0.1) is 0 Å². The van der Waals surface area contributed by atoms with Gasteiger partial charge in [-0.2, -0.15) is 0 Å². The number of amides is 1. The summed E-state index contributed by atoms with van der Waals surface area (Å²) in [5.41, 5.74) is 1.99. The van der Waals surface area contributed by atoms with Crippen LogP contribution in [0.1, 0.15) is 12.1 Å². The van der Waals surface area contributed by atoms with E-state index >= 15 is 0 Å². The van der Waals surface area contributed by atoms with E-state index in [9.17, 15) is 13.2 Å². The zero-order chi connectivity index (χ0) is 16.8. The van der Waals surface area contributed by atoms with Crippen molar-refractivity contribution in [2.45, 2.75) is 25.9 Å². The molecule has 2 heterocycles. The number of fused-ring (bicyclic) bond motifs is 1. The molecule has 1 atom stereocenters. The van der Waals surface area contributed by atoms with Gasteiger partial charge in [-0.3, -0.25) is 4.79 Å². The van der Waals surface area contributed by atoms with Crippen LogP contribution in [0, 0.1) is 6.92 Å². The summed E-state index contributed by atoms with van der Waals surface area (Å²) in [6, 6.07) is 7.70. The average molecular weight is 399 g/mol. The smallest absolute Gasteiger partial charge is 0.242 e. The first kappa shape index (κ1) is 16.5. The van der Waals surface area contributed by atoms with Crippen molar-refractivity contribution >= 4 is 42.6 Å². The molecule has 0 radical (unpaired) electrons. The molecule has 1 aliphatic rings. The number of benzene rings is 1. The van der Waals surface area contributed by atoms with Crippen LogP contribution in [0.15, 0.2) is 28.7 Å². The molecule has 3 rings (SSSR count). The predicted octanol–water partition coefficient (Wildman–Crippen LogP) is 2.36. The van der Waals surface area contributed by atoms with Crippen molar-refractivity contribution in [1.29, 1.82) is 0 Å². The van der Waals surface area contributed by atoms with E-state index in [0.717, 1.165) is 21.1 Å². The Kier molecular flexibility index (Phi) is 4.27. The number of sulfone groups is 1. The lowest BCUT2D eigenvalue weighted by atomic mass is 10.2. The number of carbonyl (C=O) groups is 1. The minimum Gasteiger partial charge on any atom is -0.340 e. The number of nitrogens with zero attached hydrogens (tertiary/aromatic N) is 2. The molecule has 1 fully saturated rings. The molecular formula is C16H19BrN2O3S. The second-order valence-corrected chi connectivity index (χ2v) is 9.09. The van der Waals surface area contributed by atoms with Crippen LogP contribution in [0.5, 0.6) is 0 Å². The molecule has 5 nitrogen and oxygen atoms in total. The predicted molar refractivity (Wildman–Crippen MR) is 94.2 cm³/mol. The van der Waals surface area contributed by atoms with Gasteiger partial charge in [-0.25, -0.2) is 8.42 Å². The molecule has 2 aromatic rings. The molecule has 0 bridgehead atoms. The van der Waals surface area contributed by atoms with Crippen LogP contribution in [0.2, 0.25) is 0 Å². The fourth-order valence-corrected chi connectivity index (χ4v) is 5.45. The van der Waals surface area contributed by atoms with E-state index in [1.165, 1.54) is 0 Å². The van der Waals surface area contributed by atoms with Crippen molar-refractivity contribution in [2.75, 3.05) is 18.6 Å². The van der Waals surface area contributed by atoms with Crippen LogP contribution >= 0.6 is 15.9 Å². The number of carbonyl (C=O) groups excluding carboxylic acids is 1. The molecule has 1 unspecified atom stereocenters. The minimum atomic E-state index is -2.99. The van der Waals surface area contributed by atoms with Gasteiger partial charge in [0.25, 0.3) is 0 Å². The van der Waals surface area contributed by atoms with Crippen LogP contribution in [0.25, 0.3) is 10.9 Å². The Balaban J connectivity index is 1.85. The Morgan fingerprint density at radius 1 is 1.39 bits per heavy atom. The fourth-order valence-electron chi connectivity index (χ4n) is 3.12. The molecule has 1 aromatic carbocycles. The number of rotatable bonds is 3. The van der Waals surface area contributed by atoms with Crippen molar-refractivity contribution in [3.05, 3.63) is 34.4 Å². The lowest BCUT2D eigenvalue weighted by Crippen LogP contribution is -2.39. The molecule has 124 valence electrons. The van der Waals surface area contributed by atoms with Crippen LogP contribution in [0.4, 0.5) is 0 Å². The molecule has 1 aliphatic heterocycles. The highest BCUT2D eigenvalue weighted by Gasteiger charge is 2.32. The van der Waals surface area contributed by atoms with Gasteiger partial charge in [0.1, 0.15) is 6.54 Å². The first-order valence-corrected chi connectivity index (χ1v) is 10.1. The molecule has 7 heteroatoms. The van der Waals surface area contributed by atoms with E-state index in [0.29, 0.717) is 6.42 Å². The minimum absolute atomic E-state index is 0.0662. The van der Waals surface area contributed by atoms with Crippen molar-refractivity contribution in [3.8, 4) is 0 Å². The zero-order valence-corrected chi connectivity index (χ0v) is 15.5. The molecular weight excluding hydrogens is 380 g/mol. The monoisotopic (exact) mass is 398 g/mol. The Morgan fingerprint density at radius 2 is 2.09 bits per heavy atom. The molecule has 0 aliphatic carbocycles. The molecule has 1 aromatic heterocycles. The summed E-state index contributed by atoms with van der Waals surface area (Å²) in [6.45, 7) is 2.18. The lowest BCUT2D eigenvalue weighted by Gasteiger charge is -2.24. The Labute approximate surface area is 144 Å². The Hall–Kier alpha value is -1.34. The highest BCUT2D eigenvalue weighted by atomic mass is 79.9. The van der Waals surface area contributed by atoms with Crippen LogP contribution in [0.3, 0.4) is 0 Å². The van der Waals surface area contributed by atoms with Gasteiger partial charge in [-0.05, 0) is 35.3 Å². The number of hydrogen-bond acceptors (Lipinski definition) is 3. The van der Waals surface area contributed by atoms with Gasteiger partial charge in [0.05, 0.1) is 11.5 Å². The maximum absolute atomic E-state index is 12.6. The number of aromatic nitrogens is 1.